The first-order valence-electron chi connectivity index (χ1n) is 8.98. The Morgan fingerprint density at radius 3 is 2.77 bits per heavy atom. The summed E-state index contributed by atoms with van der Waals surface area (Å²) in [6.07, 6.45) is 2.91. The Kier molecular flexibility index (Phi) is 5.22. The van der Waals surface area contributed by atoms with Crippen LogP contribution in [0.4, 0.5) is 5.82 Å². The fourth-order valence-corrected chi connectivity index (χ4v) is 3.46. The van der Waals surface area contributed by atoms with Crippen molar-refractivity contribution in [1.82, 2.24) is 30.8 Å². The highest BCUT2D eigenvalue weighted by Gasteiger charge is 2.27. The molecule has 0 aromatic carbocycles. The summed E-state index contributed by atoms with van der Waals surface area (Å²) in [5.41, 5.74) is 4.15. The number of carbonyl (C=O) groups is 1. The predicted octanol–water partition coefficient (Wildman–Crippen LogP) is 1.41. The van der Waals surface area contributed by atoms with Crippen LogP contribution in [-0.4, -0.2) is 52.3 Å². The average Bonchev–Trinajstić information content (AvgIpc) is 3.25. The van der Waals surface area contributed by atoms with E-state index in [1.165, 1.54) is 5.56 Å². The molecule has 0 saturated carbocycles. The number of aromatic amines is 1. The van der Waals surface area contributed by atoms with Crippen molar-refractivity contribution in [2.24, 2.45) is 0 Å². The van der Waals surface area contributed by atoms with Crippen molar-refractivity contribution in [3.8, 4) is 0 Å². The molecule has 8 nitrogen and oxygen atoms in total. The zero-order chi connectivity index (χ0) is 18.8. The lowest BCUT2D eigenvalue weighted by Crippen LogP contribution is -2.35. The number of hydrogen-bond donors (Lipinski definition) is 3. The molecule has 2 aromatic rings. The van der Waals surface area contributed by atoms with Crippen molar-refractivity contribution >= 4 is 11.7 Å². The van der Waals surface area contributed by atoms with Crippen LogP contribution in [0.1, 0.15) is 52.5 Å². The van der Waals surface area contributed by atoms with Crippen LogP contribution in [0.25, 0.3) is 0 Å². The van der Waals surface area contributed by atoms with Crippen LogP contribution in [0, 0.1) is 20.8 Å². The number of amides is 1. The lowest BCUT2D eigenvalue weighted by atomic mass is 10.1. The van der Waals surface area contributed by atoms with Crippen molar-refractivity contribution in [2.45, 2.75) is 46.2 Å². The molecule has 3 heterocycles. The van der Waals surface area contributed by atoms with Crippen molar-refractivity contribution < 1.29 is 4.79 Å². The van der Waals surface area contributed by atoms with Gasteiger partial charge in [-0.2, -0.15) is 5.10 Å². The molecular formula is C18H27N7O. The van der Waals surface area contributed by atoms with Crippen molar-refractivity contribution in [3.63, 3.8) is 0 Å². The number of aryl methyl sites for hydroxylation is 2. The highest BCUT2D eigenvalue weighted by atomic mass is 16.2. The summed E-state index contributed by atoms with van der Waals surface area (Å²) in [5.74, 6) is 0.823. The summed E-state index contributed by atoms with van der Waals surface area (Å²) >= 11 is 0. The Labute approximate surface area is 153 Å². The van der Waals surface area contributed by atoms with Gasteiger partial charge in [0.05, 0.1) is 6.20 Å². The Morgan fingerprint density at radius 1 is 1.35 bits per heavy atom. The Bertz CT molecular complexity index is 801. The lowest BCUT2D eigenvalue weighted by molar-refractivity contribution is 0.0952. The maximum Gasteiger partial charge on any atom is 0.288 e. The number of anilines is 1. The van der Waals surface area contributed by atoms with Gasteiger partial charge in [0.2, 0.25) is 5.82 Å². The quantitative estimate of drug-likeness (QED) is 0.748. The second-order valence-electron chi connectivity index (χ2n) is 6.93. The van der Waals surface area contributed by atoms with Gasteiger partial charge in [-0.1, -0.05) is 0 Å². The maximum absolute atomic E-state index is 11.9. The predicted molar refractivity (Wildman–Crippen MR) is 100 cm³/mol. The molecule has 1 amide bonds. The van der Waals surface area contributed by atoms with Gasteiger partial charge in [0.15, 0.2) is 0 Å². The van der Waals surface area contributed by atoms with E-state index in [1.807, 2.05) is 27.0 Å². The van der Waals surface area contributed by atoms with Gasteiger partial charge in [0.1, 0.15) is 5.82 Å². The minimum absolute atomic E-state index is 0.226. The molecule has 1 saturated heterocycles. The van der Waals surface area contributed by atoms with Crippen LogP contribution in [-0.2, 0) is 0 Å². The van der Waals surface area contributed by atoms with Crippen LogP contribution < -0.4 is 15.5 Å². The lowest BCUT2D eigenvalue weighted by Gasteiger charge is -2.23. The molecular weight excluding hydrogens is 330 g/mol. The molecule has 1 unspecified atom stereocenters. The summed E-state index contributed by atoms with van der Waals surface area (Å²) < 4.78 is 0. The van der Waals surface area contributed by atoms with Gasteiger partial charge in [-0.3, -0.25) is 9.89 Å². The van der Waals surface area contributed by atoms with Gasteiger partial charge < -0.3 is 15.5 Å². The van der Waals surface area contributed by atoms with Gasteiger partial charge in [0, 0.05) is 54.7 Å². The second-order valence-corrected chi connectivity index (χ2v) is 6.93. The summed E-state index contributed by atoms with van der Waals surface area (Å²) in [5, 5.41) is 13.4. The van der Waals surface area contributed by atoms with Gasteiger partial charge in [-0.25, -0.2) is 9.97 Å². The number of nitrogens with one attached hydrogen (secondary N) is 3. The third-order valence-electron chi connectivity index (χ3n) is 5.10. The standard InChI is InChI=1S/C18H27N7O/c1-10-11(2)22-16(18(26)19-5)23-17(10)25-7-6-14(9-25)21-12(3)15-8-20-24-13(15)4/h8,12,14,21H,6-7,9H2,1-5H3,(H,19,26)(H,20,24)/t12?,14-/m1/s1. The minimum atomic E-state index is -0.257. The number of H-pyrrole nitrogens is 1. The van der Waals surface area contributed by atoms with Crippen LogP contribution in [0.2, 0.25) is 0 Å². The molecule has 8 heteroatoms. The van der Waals surface area contributed by atoms with E-state index >= 15 is 0 Å². The average molecular weight is 357 g/mol. The van der Waals surface area contributed by atoms with Crippen LogP contribution >= 0.6 is 0 Å². The minimum Gasteiger partial charge on any atom is -0.355 e. The van der Waals surface area contributed by atoms with Crippen molar-refractivity contribution in [3.05, 3.63) is 34.5 Å². The largest absolute Gasteiger partial charge is 0.355 e. The molecule has 3 rings (SSSR count). The topological polar surface area (TPSA) is 98.8 Å². The molecule has 0 radical (unpaired) electrons. The molecule has 1 fully saturated rings. The number of rotatable bonds is 5. The fraction of sp³-hybridized carbons (Fsp3) is 0.556. The van der Waals surface area contributed by atoms with E-state index in [-0.39, 0.29) is 17.8 Å². The summed E-state index contributed by atoms with van der Waals surface area (Å²) in [6, 6.07) is 0.589. The van der Waals surface area contributed by atoms with E-state index in [0.717, 1.165) is 42.3 Å². The van der Waals surface area contributed by atoms with Crippen molar-refractivity contribution in [1.29, 1.82) is 0 Å². The zero-order valence-corrected chi connectivity index (χ0v) is 16.1. The number of nitrogens with zero attached hydrogens (tertiary/aromatic N) is 4. The second kappa shape index (κ2) is 7.41. The monoisotopic (exact) mass is 357 g/mol. The smallest absolute Gasteiger partial charge is 0.288 e. The molecule has 0 aliphatic carbocycles. The molecule has 0 bridgehead atoms. The van der Waals surface area contributed by atoms with E-state index in [4.69, 9.17) is 0 Å². The molecule has 1 aliphatic heterocycles. The Hall–Kier alpha value is -2.48. The molecule has 2 atom stereocenters. The van der Waals surface area contributed by atoms with Crippen LogP contribution in [0.3, 0.4) is 0 Å². The van der Waals surface area contributed by atoms with E-state index in [1.54, 1.807) is 7.05 Å². The van der Waals surface area contributed by atoms with Gasteiger partial charge in [-0.15, -0.1) is 0 Å². The zero-order valence-electron chi connectivity index (χ0n) is 16.1. The van der Waals surface area contributed by atoms with E-state index in [9.17, 15) is 4.79 Å². The first-order valence-corrected chi connectivity index (χ1v) is 8.98. The normalized spacial score (nSPS) is 18.2. The van der Waals surface area contributed by atoms with E-state index in [2.05, 4.69) is 42.6 Å². The third-order valence-corrected chi connectivity index (χ3v) is 5.10. The molecule has 1 aliphatic rings. The van der Waals surface area contributed by atoms with Crippen LogP contribution in [0.15, 0.2) is 6.20 Å². The molecule has 140 valence electrons. The number of hydrogen-bond acceptors (Lipinski definition) is 6. The fourth-order valence-electron chi connectivity index (χ4n) is 3.46. The first kappa shape index (κ1) is 18.3. The van der Waals surface area contributed by atoms with Gasteiger partial charge >= 0.3 is 0 Å². The van der Waals surface area contributed by atoms with Crippen molar-refractivity contribution in [2.75, 3.05) is 25.0 Å². The first-order chi connectivity index (χ1) is 12.4. The highest BCUT2D eigenvalue weighted by Crippen LogP contribution is 2.25. The summed E-state index contributed by atoms with van der Waals surface area (Å²) in [4.78, 5) is 23.0. The molecule has 2 aromatic heterocycles. The number of carbonyl (C=O) groups excluding carboxylic acids is 1. The van der Waals surface area contributed by atoms with Crippen LogP contribution in [0.5, 0.6) is 0 Å². The SMILES string of the molecule is CNC(=O)c1nc(C)c(C)c(N2CC[C@@H](NC(C)c3cn[nH]c3C)C2)n1. The Morgan fingerprint density at radius 2 is 2.12 bits per heavy atom. The number of aromatic nitrogens is 4. The molecule has 3 N–H and O–H groups in total. The summed E-state index contributed by atoms with van der Waals surface area (Å²) in [7, 11) is 1.59. The molecule has 0 spiro atoms. The van der Waals surface area contributed by atoms with Gasteiger partial charge in [0.25, 0.3) is 5.91 Å². The van der Waals surface area contributed by atoms with E-state index < -0.39 is 0 Å². The maximum atomic E-state index is 11.9. The Balaban J connectivity index is 1.73. The third kappa shape index (κ3) is 3.55. The highest BCUT2D eigenvalue weighted by molar-refractivity contribution is 5.90. The molecule has 26 heavy (non-hydrogen) atoms. The van der Waals surface area contributed by atoms with E-state index in [0.29, 0.717) is 6.04 Å². The van der Waals surface area contributed by atoms with Gasteiger partial charge in [-0.05, 0) is 34.1 Å². The summed E-state index contributed by atoms with van der Waals surface area (Å²) in [6.45, 7) is 9.88.